The number of nitrogens with zero attached hydrogens (tertiary/aromatic N) is 2. The summed E-state index contributed by atoms with van der Waals surface area (Å²) in [7, 11) is 0. The average molecular weight is 455 g/mol. The van der Waals surface area contributed by atoms with Crippen LogP contribution in [-0.2, 0) is 4.79 Å². The number of benzene rings is 2. The molecule has 0 unspecified atom stereocenters. The van der Waals surface area contributed by atoms with Crippen LogP contribution in [0.1, 0.15) is 28.9 Å². The summed E-state index contributed by atoms with van der Waals surface area (Å²) in [5.74, 6) is -0.437. The van der Waals surface area contributed by atoms with Gasteiger partial charge in [0.05, 0.1) is 5.92 Å². The van der Waals surface area contributed by atoms with Crippen LogP contribution >= 0.6 is 22.9 Å². The molecule has 2 aromatic carbocycles. The average Bonchev–Trinajstić information content (AvgIpc) is 3.25. The van der Waals surface area contributed by atoms with Crippen LogP contribution in [0.5, 0.6) is 0 Å². The number of thiazole rings is 1. The molecule has 1 aromatic heterocycles. The van der Waals surface area contributed by atoms with E-state index in [0.717, 1.165) is 29.8 Å². The Morgan fingerprint density at radius 3 is 2.81 bits per heavy atom. The Morgan fingerprint density at radius 1 is 1.19 bits per heavy atom. The maximum absolute atomic E-state index is 13.0. The molecule has 1 saturated heterocycles. The highest BCUT2D eigenvalue weighted by atomic mass is 35.5. The van der Waals surface area contributed by atoms with Gasteiger partial charge in [-0.2, -0.15) is 0 Å². The SMILES string of the molecule is Cc1ccc(Cl)cc1Nc1nc(C(=O)N2CCC[C@H](C(=O)Nc3ccccc3)C2)cs1. The fourth-order valence-electron chi connectivity index (χ4n) is 3.58. The minimum Gasteiger partial charge on any atom is -0.336 e. The molecule has 1 atom stereocenters. The standard InChI is InChI=1S/C23H23ClN4O2S/c1-15-9-10-17(24)12-19(15)26-23-27-20(14-31-23)22(30)28-11-5-6-16(13-28)21(29)25-18-7-3-2-4-8-18/h2-4,7-10,12,14,16H,5-6,11,13H2,1H3,(H,25,29)(H,26,27)/t16-/m0/s1. The normalized spacial score (nSPS) is 16.1. The summed E-state index contributed by atoms with van der Waals surface area (Å²) in [4.78, 5) is 31.8. The van der Waals surface area contributed by atoms with Crippen molar-refractivity contribution >= 4 is 51.3 Å². The molecule has 1 fully saturated rings. The van der Waals surface area contributed by atoms with Crippen molar-refractivity contribution < 1.29 is 9.59 Å². The van der Waals surface area contributed by atoms with Gasteiger partial charge in [0, 0.05) is 34.9 Å². The number of likely N-dealkylation sites (tertiary alicyclic amines) is 1. The van der Waals surface area contributed by atoms with Gasteiger partial charge in [-0.25, -0.2) is 4.98 Å². The van der Waals surface area contributed by atoms with Crippen LogP contribution in [0, 0.1) is 12.8 Å². The zero-order valence-electron chi connectivity index (χ0n) is 17.1. The van der Waals surface area contributed by atoms with E-state index >= 15 is 0 Å². The van der Waals surface area contributed by atoms with Crippen LogP contribution < -0.4 is 10.6 Å². The van der Waals surface area contributed by atoms with Gasteiger partial charge in [0.1, 0.15) is 5.69 Å². The molecule has 4 rings (SSSR count). The molecule has 8 heteroatoms. The first-order valence-electron chi connectivity index (χ1n) is 10.1. The summed E-state index contributed by atoms with van der Waals surface area (Å²) in [6.07, 6.45) is 1.55. The van der Waals surface area contributed by atoms with E-state index < -0.39 is 0 Å². The molecule has 1 aliphatic rings. The Morgan fingerprint density at radius 2 is 2.00 bits per heavy atom. The minimum absolute atomic E-state index is 0.0548. The largest absolute Gasteiger partial charge is 0.336 e. The molecular weight excluding hydrogens is 432 g/mol. The zero-order valence-corrected chi connectivity index (χ0v) is 18.7. The first-order valence-corrected chi connectivity index (χ1v) is 11.4. The number of nitrogens with one attached hydrogen (secondary N) is 2. The van der Waals surface area contributed by atoms with Gasteiger partial charge in [-0.1, -0.05) is 35.9 Å². The fourth-order valence-corrected chi connectivity index (χ4v) is 4.45. The predicted molar refractivity (Wildman–Crippen MR) is 125 cm³/mol. The van der Waals surface area contributed by atoms with E-state index in [2.05, 4.69) is 15.6 Å². The Balaban J connectivity index is 1.40. The summed E-state index contributed by atoms with van der Waals surface area (Å²) in [6, 6.07) is 15.0. The van der Waals surface area contributed by atoms with Crippen molar-refractivity contribution in [1.82, 2.24) is 9.88 Å². The molecule has 6 nitrogen and oxygen atoms in total. The van der Waals surface area contributed by atoms with Gasteiger partial charge in [-0.15, -0.1) is 11.3 Å². The van der Waals surface area contributed by atoms with E-state index in [1.54, 1.807) is 10.3 Å². The summed E-state index contributed by atoms with van der Waals surface area (Å²) in [5, 5.41) is 9.18. The van der Waals surface area contributed by atoms with Crippen LogP contribution in [-0.4, -0.2) is 34.8 Å². The Kier molecular flexibility index (Phi) is 6.53. The van der Waals surface area contributed by atoms with Gasteiger partial charge in [-0.05, 0) is 49.6 Å². The third-order valence-electron chi connectivity index (χ3n) is 5.29. The zero-order chi connectivity index (χ0) is 21.8. The minimum atomic E-state index is -0.233. The van der Waals surface area contributed by atoms with Gasteiger partial charge < -0.3 is 15.5 Å². The van der Waals surface area contributed by atoms with Crippen LogP contribution in [0.3, 0.4) is 0 Å². The van der Waals surface area contributed by atoms with Gasteiger partial charge >= 0.3 is 0 Å². The van der Waals surface area contributed by atoms with E-state index in [1.807, 2.05) is 55.5 Å². The number of para-hydroxylation sites is 1. The Hall–Kier alpha value is -2.90. The van der Waals surface area contributed by atoms with Crippen LogP contribution in [0.4, 0.5) is 16.5 Å². The summed E-state index contributed by atoms with van der Waals surface area (Å²) in [5.41, 5.74) is 3.05. The summed E-state index contributed by atoms with van der Waals surface area (Å²) < 4.78 is 0. The lowest BCUT2D eigenvalue weighted by Gasteiger charge is -2.31. The smallest absolute Gasteiger partial charge is 0.273 e. The first-order chi connectivity index (χ1) is 15.0. The third-order valence-corrected chi connectivity index (χ3v) is 6.28. The van der Waals surface area contributed by atoms with Crippen molar-refractivity contribution in [3.05, 3.63) is 70.2 Å². The molecular formula is C23H23ClN4O2S. The molecule has 2 heterocycles. The van der Waals surface area contributed by atoms with Gasteiger partial charge in [0.15, 0.2) is 5.13 Å². The summed E-state index contributed by atoms with van der Waals surface area (Å²) in [6.45, 7) is 3.00. The molecule has 1 aliphatic heterocycles. The molecule has 0 aliphatic carbocycles. The van der Waals surface area contributed by atoms with Crippen molar-refractivity contribution in [2.24, 2.45) is 5.92 Å². The highest BCUT2D eigenvalue weighted by Crippen LogP contribution is 2.27. The molecule has 0 saturated carbocycles. The number of aryl methyl sites for hydroxylation is 1. The molecule has 2 N–H and O–H groups in total. The Bertz CT molecular complexity index is 1090. The highest BCUT2D eigenvalue weighted by Gasteiger charge is 2.30. The maximum atomic E-state index is 13.0. The van der Waals surface area contributed by atoms with Crippen molar-refractivity contribution in [2.45, 2.75) is 19.8 Å². The van der Waals surface area contributed by atoms with Gasteiger partial charge in [-0.3, -0.25) is 9.59 Å². The lowest BCUT2D eigenvalue weighted by Crippen LogP contribution is -2.43. The molecule has 3 aromatic rings. The maximum Gasteiger partial charge on any atom is 0.273 e. The van der Waals surface area contributed by atoms with Crippen molar-refractivity contribution in [3.63, 3.8) is 0 Å². The number of hydrogen-bond donors (Lipinski definition) is 2. The second-order valence-electron chi connectivity index (χ2n) is 7.57. The number of carbonyl (C=O) groups is 2. The van der Waals surface area contributed by atoms with E-state index in [4.69, 9.17) is 11.6 Å². The molecule has 2 amide bonds. The van der Waals surface area contributed by atoms with Gasteiger partial charge in [0.25, 0.3) is 5.91 Å². The number of aromatic nitrogens is 1. The van der Waals surface area contributed by atoms with E-state index in [9.17, 15) is 9.59 Å². The van der Waals surface area contributed by atoms with Crippen molar-refractivity contribution in [3.8, 4) is 0 Å². The molecule has 0 bridgehead atoms. The highest BCUT2D eigenvalue weighted by molar-refractivity contribution is 7.14. The van der Waals surface area contributed by atoms with E-state index in [1.165, 1.54) is 11.3 Å². The van der Waals surface area contributed by atoms with E-state index in [0.29, 0.717) is 28.9 Å². The van der Waals surface area contributed by atoms with Crippen molar-refractivity contribution in [2.75, 3.05) is 23.7 Å². The van der Waals surface area contributed by atoms with Crippen LogP contribution in [0.25, 0.3) is 0 Å². The fraction of sp³-hybridized carbons (Fsp3) is 0.261. The number of halogens is 1. The third kappa shape index (κ3) is 5.24. The molecule has 0 radical (unpaired) electrons. The Labute approximate surface area is 190 Å². The lowest BCUT2D eigenvalue weighted by atomic mass is 9.96. The quantitative estimate of drug-likeness (QED) is 0.545. The second kappa shape index (κ2) is 9.49. The topological polar surface area (TPSA) is 74.3 Å². The molecule has 160 valence electrons. The van der Waals surface area contributed by atoms with E-state index in [-0.39, 0.29) is 17.7 Å². The summed E-state index contributed by atoms with van der Waals surface area (Å²) >= 11 is 7.45. The number of rotatable bonds is 5. The van der Waals surface area contributed by atoms with Crippen LogP contribution in [0.15, 0.2) is 53.9 Å². The molecule has 31 heavy (non-hydrogen) atoms. The van der Waals surface area contributed by atoms with Crippen LogP contribution in [0.2, 0.25) is 5.02 Å². The number of anilines is 3. The predicted octanol–water partition coefficient (Wildman–Crippen LogP) is 5.34. The van der Waals surface area contributed by atoms with Crippen molar-refractivity contribution in [1.29, 1.82) is 0 Å². The number of piperidine rings is 1. The number of hydrogen-bond acceptors (Lipinski definition) is 5. The monoisotopic (exact) mass is 454 g/mol. The molecule has 0 spiro atoms. The second-order valence-corrected chi connectivity index (χ2v) is 8.86. The lowest BCUT2D eigenvalue weighted by molar-refractivity contribution is -0.121. The first kappa shape index (κ1) is 21.3. The number of carbonyl (C=O) groups excluding carboxylic acids is 2. The van der Waals surface area contributed by atoms with Gasteiger partial charge in [0.2, 0.25) is 5.91 Å². The number of amides is 2.